The van der Waals surface area contributed by atoms with E-state index in [0.717, 1.165) is 11.3 Å². The standard InChI is InChI=1S/C21H21N5O2/c1-15-7-8-17(11-22-15)20(27)23-12-18-14-25-9-10-26(21(28)19(25)24-18)13-16-5-3-2-4-6-16/h2-8,11,14H,9-10,12-13H2,1H3,(H,23,27). The van der Waals surface area contributed by atoms with Gasteiger partial charge in [0, 0.05) is 37.7 Å². The molecule has 1 aliphatic rings. The van der Waals surface area contributed by atoms with Gasteiger partial charge in [-0.15, -0.1) is 0 Å². The Labute approximate surface area is 163 Å². The first-order valence-electron chi connectivity index (χ1n) is 9.20. The number of rotatable bonds is 5. The van der Waals surface area contributed by atoms with E-state index in [1.54, 1.807) is 23.2 Å². The number of carbonyl (C=O) groups is 2. The van der Waals surface area contributed by atoms with E-state index in [2.05, 4.69) is 15.3 Å². The molecular formula is C21H21N5O2. The first kappa shape index (κ1) is 17.9. The number of imidazole rings is 1. The maximum atomic E-state index is 12.8. The van der Waals surface area contributed by atoms with E-state index in [-0.39, 0.29) is 18.4 Å². The van der Waals surface area contributed by atoms with E-state index >= 15 is 0 Å². The van der Waals surface area contributed by atoms with Crippen LogP contribution >= 0.6 is 0 Å². The molecule has 4 rings (SSSR count). The Morgan fingerprint density at radius 3 is 2.71 bits per heavy atom. The third-order valence-electron chi connectivity index (χ3n) is 4.74. The topological polar surface area (TPSA) is 80.1 Å². The van der Waals surface area contributed by atoms with E-state index < -0.39 is 0 Å². The molecule has 28 heavy (non-hydrogen) atoms. The number of hydrogen-bond acceptors (Lipinski definition) is 4. The van der Waals surface area contributed by atoms with E-state index in [1.165, 1.54) is 0 Å². The van der Waals surface area contributed by atoms with E-state index in [9.17, 15) is 9.59 Å². The summed E-state index contributed by atoms with van der Waals surface area (Å²) in [6.07, 6.45) is 3.38. The van der Waals surface area contributed by atoms with Gasteiger partial charge in [-0.3, -0.25) is 14.6 Å². The number of fused-ring (bicyclic) bond motifs is 1. The quantitative estimate of drug-likeness (QED) is 0.741. The summed E-state index contributed by atoms with van der Waals surface area (Å²) in [4.78, 5) is 35.4. The SMILES string of the molecule is Cc1ccc(C(=O)NCc2cn3c(n2)C(=O)N(Cc2ccccc2)CC3)cn1. The van der Waals surface area contributed by atoms with Crippen LogP contribution in [0.5, 0.6) is 0 Å². The highest BCUT2D eigenvalue weighted by Crippen LogP contribution is 2.16. The molecule has 0 atom stereocenters. The number of aryl methyl sites for hydroxylation is 1. The third kappa shape index (κ3) is 3.78. The van der Waals surface area contributed by atoms with Crippen LogP contribution in [0, 0.1) is 6.92 Å². The number of carbonyl (C=O) groups excluding carboxylic acids is 2. The number of amides is 2. The van der Waals surface area contributed by atoms with E-state index in [0.29, 0.717) is 36.7 Å². The van der Waals surface area contributed by atoms with Gasteiger partial charge in [0.05, 0.1) is 17.8 Å². The van der Waals surface area contributed by atoms with Crippen LogP contribution < -0.4 is 5.32 Å². The second-order valence-electron chi connectivity index (χ2n) is 6.83. The van der Waals surface area contributed by atoms with Crippen molar-refractivity contribution in [1.82, 2.24) is 24.8 Å². The highest BCUT2D eigenvalue weighted by atomic mass is 16.2. The van der Waals surface area contributed by atoms with Gasteiger partial charge in [0.25, 0.3) is 11.8 Å². The smallest absolute Gasteiger partial charge is 0.290 e. The molecule has 7 nitrogen and oxygen atoms in total. The summed E-state index contributed by atoms with van der Waals surface area (Å²) in [5.41, 5.74) is 3.12. The van der Waals surface area contributed by atoms with Crippen LogP contribution in [0.1, 0.15) is 37.9 Å². The molecule has 1 N–H and O–H groups in total. The summed E-state index contributed by atoms with van der Waals surface area (Å²) >= 11 is 0. The monoisotopic (exact) mass is 375 g/mol. The first-order valence-corrected chi connectivity index (χ1v) is 9.20. The number of benzene rings is 1. The van der Waals surface area contributed by atoms with Gasteiger partial charge in [-0.05, 0) is 24.6 Å². The van der Waals surface area contributed by atoms with Crippen LogP contribution in [0.2, 0.25) is 0 Å². The summed E-state index contributed by atoms with van der Waals surface area (Å²) in [5, 5.41) is 2.83. The van der Waals surface area contributed by atoms with Gasteiger partial charge < -0.3 is 14.8 Å². The van der Waals surface area contributed by atoms with Crippen LogP contribution in [0.15, 0.2) is 54.9 Å². The van der Waals surface area contributed by atoms with Crippen molar-refractivity contribution in [3.05, 3.63) is 83.2 Å². The molecule has 0 radical (unpaired) electrons. The van der Waals surface area contributed by atoms with Crippen molar-refractivity contribution < 1.29 is 9.59 Å². The molecule has 0 saturated carbocycles. The summed E-state index contributed by atoms with van der Waals surface area (Å²) < 4.78 is 1.86. The second-order valence-corrected chi connectivity index (χ2v) is 6.83. The predicted octanol–water partition coefficient (Wildman–Crippen LogP) is 2.17. The van der Waals surface area contributed by atoms with Gasteiger partial charge in [-0.1, -0.05) is 30.3 Å². The molecule has 0 saturated heterocycles. The van der Waals surface area contributed by atoms with Crippen molar-refractivity contribution in [3.63, 3.8) is 0 Å². The second kappa shape index (κ2) is 7.64. The molecule has 2 aromatic heterocycles. The van der Waals surface area contributed by atoms with Crippen molar-refractivity contribution in [2.75, 3.05) is 6.54 Å². The molecule has 7 heteroatoms. The summed E-state index contributed by atoms with van der Waals surface area (Å²) in [7, 11) is 0. The molecule has 0 aliphatic carbocycles. The molecule has 2 amide bonds. The minimum absolute atomic E-state index is 0.0876. The zero-order chi connectivity index (χ0) is 19.5. The molecule has 0 spiro atoms. The molecule has 1 aromatic carbocycles. The van der Waals surface area contributed by atoms with Crippen molar-refractivity contribution in [3.8, 4) is 0 Å². The fourth-order valence-electron chi connectivity index (χ4n) is 3.20. The van der Waals surface area contributed by atoms with Crippen molar-refractivity contribution >= 4 is 11.8 Å². The normalized spacial score (nSPS) is 13.3. The van der Waals surface area contributed by atoms with E-state index in [1.807, 2.05) is 48.0 Å². The zero-order valence-electron chi connectivity index (χ0n) is 15.6. The Kier molecular flexibility index (Phi) is 4.89. The van der Waals surface area contributed by atoms with Gasteiger partial charge >= 0.3 is 0 Å². The average Bonchev–Trinajstić information content (AvgIpc) is 3.14. The number of hydrogen-bond donors (Lipinski definition) is 1. The maximum Gasteiger partial charge on any atom is 0.290 e. The minimum atomic E-state index is -0.212. The van der Waals surface area contributed by atoms with E-state index in [4.69, 9.17) is 0 Å². The lowest BCUT2D eigenvalue weighted by molar-refractivity contribution is 0.0683. The molecule has 1 aliphatic heterocycles. The molecule has 0 bridgehead atoms. The summed E-state index contributed by atoms with van der Waals surface area (Å²) in [6.45, 7) is 4.03. The number of nitrogens with zero attached hydrogens (tertiary/aromatic N) is 4. The fraction of sp³-hybridized carbons (Fsp3) is 0.238. The molecule has 3 aromatic rings. The lowest BCUT2D eigenvalue weighted by atomic mass is 10.2. The number of pyridine rings is 1. The van der Waals surface area contributed by atoms with Crippen molar-refractivity contribution in [2.45, 2.75) is 26.6 Å². The summed E-state index contributed by atoms with van der Waals surface area (Å²) in [5.74, 6) is 0.120. The zero-order valence-corrected chi connectivity index (χ0v) is 15.6. The molecular weight excluding hydrogens is 354 g/mol. The minimum Gasteiger partial charge on any atom is -0.346 e. The van der Waals surface area contributed by atoms with Crippen LogP contribution in [-0.2, 0) is 19.6 Å². The third-order valence-corrected chi connectivity index (χ3v) is 4.74. The number of aromatic nitrogens is 3. The molecule has 142 valence electrons. The molecule has 3 heterocycles. The Bertz CT molecular complexity index is 995. The van der Waals surface area contributed by atoms with Gasteiger partial charge in [0.1, 0.15) is 0 Å². The average molecular weight is 375 g/mol. The van der Waals surface area contributed by atoms with Gasteiger partial charge in [0.15, 0.2) is 5.82 Å². The summed E-state index contributed by atoms with van der Waals surface area (Å²) in [6, 6.07) is 13.4. The predicted molar refractivity (Wildman–Crippen MR) is 104 cm³/mol. The van der Waals surface area contributed by atoms with Crippen molar-refractivity contribution in [2.24, 2.45) is 0 Å². The Hall–Kier alpha value is -3.48. The van der Waals surface area contributed by atoms with Gasteiger partial charge in [-0.25, -0.2) is 4.98 Å². The fourth-order valence-corrected chi connectivity index (χ4v) is 3.20. The van der Waals surface area contributed by atoms with Crippen molar-refractivity contribution in [1.29, 1.82) is 0 Å². The number of nitrogens with one attached hydrogen (secondary N) is 1. The van der Waals surface area contributed by atoms with Crippen LogP contribution in [0.4, 0.5) is 0 Å². The van der Waals surface area contributed by atoms with Gasteiger partial charge in [-0.2, -0.15) is 0 Å². The lowest BCUT2D eigenvalue weighted by Gasteiger charge is -2.27. The van der Waals surface area contributed by atoms with Gasteiger partial charge in [0.2, 0.25) is 0 Å². The maximum absolute atomic E-state index is 12.8. The Morgan fingerprint density at radius 1 is 1.14 bits per heavy atom. The lowest BCUT2D eigenvalue weighted by Crippen LogP contribution is -2.39. The Balaban J connectivity index is 1.41. The molecule has 0 unspecified atom stereocenters. The largest absolute Gasteiger partial charge is 0.346 e. The van der Waals surface area contributed by atoms with Crippen LogP contribution in [0.3, 0.4) is 0 Å². The highest BCUT2D eigenvalue weighted by molar-refractivity contribution is 5.94. The first-order chi connectivity index (χ1) is 13.6. The molecule has 0 fully saturated rings. The Morgan fingerprint density at radius 2 is 1.96 bits per heavy atom. The van der Waals surface area contributed by atoms with Crippen LogP contribution in [0.25, 0.3) is 0 Å². The van der Waals surface area contributed by atoms with Crippen LogP contribution in [-0.4, -0.2) is 37.8 Å². The highest BCUT2D eigenvalue weighted by Gasteiger charge is 2.27.